The third-order valence-corrected chi connectivity index (χ3v) is 4.21. The number of guanidine groups is 1. The standard InChI is InChI=1S/C18H26N6O2/c1-25-15-9-22-18(21-8-5-16-4-2-14-26-16)24-12-10-23(11-13-24)17-19-6-3-7-20-17/h2-4,6-7,14H,5,8-13,15H2,1H3,(H,21,22). The fraction of sp³-hybridized carbons (Fsp3) is 0.500. The second kappa shape index (κ2) is 9.76. The van der Waals surface area contributed by atoms with Gasteiger partial charge in [0.1, 0.15) is 5.76 Å². The van der Waals surface area contributed by atoms with Crippen molar-refractivity contribution in [2.24, 2.45) is 4.99 Å². The summed E-state index contributed by atoms with van der Waals surface area (Å²) in [5.41, 5.74) is 0. The molecule has 1 N–H and O–H groups in total. The van der Waals surface area contributed by atoms with E-state index < -0.39 is 0 Å². The molecular formula is C18H26N6O2. The molecular weight excluding hydrogens is 332 g/mol. The van der Waals surface area contributed by atoms with Crippen molar-refractivity contribution in [1.82, 2.24) is 20.2 Å². The van der Waals surface area contributed by atoms with Gasteiger partial charge in [-0.05, 0) is 18.2 Å². The number of nitrogens with one attached hydrogen (secondary N) is 1. The summed E-state index contributed by atoms with van der Waals surface area (Å²) in [7, 11) is 1.69. The molecule has 0 saturated carbocycles. The maximum atomic E-state index is 5.39. The van der Waals surface area contributed by atoms with E-state index >= 15 is 0 Å². The molecule has 1 fully saturated rings. The van der Waals surface area contributed by atoms with E-state index in [1.54, 1.807) is 25.8 Å². The molecule has 2 aromatic rings. The zero-order valence-corrected chi connectivity index (χ0v) is 15.2. The Morgan fingerprint density at radius 1 is 1.23 bits per heavy atom. The van der Waals surface area contributed by atoms with Gasteiger partial charge >= 0.3 is 0 Å². The van der Waals surface area contributed by atoms with E-state index in [9.17, 15) is 0 Å². The Morgan fingerprint density at radius 3 is 2.73 bits per heavy atom. The average Bonchev–Trinajstić information content (AvgIpc) is 3.21. The third kappa shape index (κ3) is 5.19. The zero-order chi connectivity index (χ0) is 18.0. The highest BCUT2D eigenvalue weighted by Crippen LogP contribution is 2.10. The lowest BCUT2D eigenvalue weighted by Gasteiger charge is -2.36. The molecule has 1 saturated heterocycles. The third-order valence-electron chi connectivity index (χ3n) is 4.21. The molecule has 0 spiro atoms. The zero-order valence-electron chi connectivity index (χ0n) is 15.2. The van der Waals surface area contributed by atoms with Crippen molar-refractivity contribution in [1.29, 1.82) is 0 Å². The van der Waals surface area contributed by atoms with Crippen LogP contribution in [0.25, 0.3) is 0 Å². The number of hydrogen-bond donors (Lipinski definition) is 1. The van der Waals surface area contributed by atoms with Crippen LogP contribution in [-0.2, 0) is 11.2 Å². The molecule has 26 heavy (non-hydrogen) atoms. The van der Waals surface area contributed by atoms with Crippen LogP contribution in [0, 0.1) is 0 Å². The minimum atomic E-state index is 0.612. The SMILES string of the molecule is COCCN=C(NCCc1ccco1)N1CCN(c2ncccn2)CC1. The fourth-order valence-electron chi connectivity index (χ4n) is 2.84. The molecule has 8 heteroatoms. The number of rotatable bonds is 7. The first-order chi connectivity index (χ1) is 12.9. The summed E-state index contributed by atoms with van der Waals surface area (Å²) >= 11 is 0. The quantitative estimate of drug-likeness (QED) is 0.450. The Bertz CT molecular complexity index is 654. The molecule has 0 atom stereocenters. The molecule has 3 rings (SSSR count). The minimum Gasteiger partial charge on any atom is -0.469 e. The smallest absolute Gasteiger partial charge is 0.225 e. The number of methoxy groups -OCH3 is 1. The largest absolute Gasteiger partial charge is 0.469 e. The van der Waals surface area contributed by atoms with Crippen molar-refractivity contribution >= 4 is 11.9 Å². The number of ether oxygens (including phenoxy) is 1. The predicted molar refractivity (Wildman–Crippen MR) is 100 cm³/mol. The summed E-state index contributed by atoms with van der Waals surface area (Å²) in [6.45, 7) is 5.51. The number of hydrogen-bond acceptors (Lipinski definition) is 6. The summed E-state index contributed by atoms with van der Waals surface area (Å²) in [5, 5.41) is 3.45. The van der Waals surface area contributed by atoms with Crippen molar-refractivity contribution in [3.63, 3.8) is 0 Å². The Balaban J connectivity index is 1.53. The molecule has 0 aromatic carbocycles. The Labute approximate surface area is 153 Å². The Kier molecular flexibility index (Phi) is 6.83. The van der Waals surface area contributed by atoms with Gasteiger partial charge in [-0.15, -0.1) is 0 Å². The van der Waals surface area contributed by atoms with Crippen LogP contribution in [-0.4, -0.2) is 73.8 Å². The normalized spacial score (nSPS) is 15.3. The molecule has 0 aliphatic carbocycles. The maximum Gasteiger partial charge on any atom is 0.225 e. The van der Waals surface area contributed by atoms with Gasteiger partial charge in [0.2, 0.25) is 5.95 Å². The highest BCUT2D eigenvalue weighted by Gasteiger charge is 2.21. The van der Waals surface area contributed by atoms with Crippen LogP contribution in [0.15, 0.2) is 46.3 Å². The van der Waals surface area contributed by atoms with Gasteiger partial charge in [0.25, 0.3) is 0 Å². The lowest BCUT2D eigenvalue weighted by Crippen LogP contribution is -2.53. The van der Waals surface area contributed by atoms with E-state index in [4.69, 9.17) is 9.15 Å². The Morgan fingerprint density at radius 2 is 2.04 bits per heavy atom. The minimum absolute atomic E-state index is 0.612. The highest BCUT2D eigenvalue weighted by molar-refractivity contribution is 5.80. The topological polar surface area (TPSA) is 79.0 Å². The van der Waals surface area contributed by atoms with E-state index in [0.29, 0.717) is 13.2 Å². The number of anilines is 1. The lowest BCUT2D eigenvalue weighted by molar-refractivity contribution is 0.207. The van der Waals surface area contributed by atoms with Gasteiger partial charge in [-0.2, -0.15) is 0 Å². The summed E-state index contributed by atoms with van der Waals surface area (Å²) in [6.07, 6.45) is 6.09. The van der Waals surface area contributed by atoms with E-state index in [1.807, 2.05) is 18.2 Å². The van der Waals surface area contributed by atoms with Crippen molar-refractivity contribution < 1.29 is 9.15 Å². The Hall–Kier alpha value is -2.61. The molecule has 1 aliphatic heterocycles. The summed E-state index contributed by atoms with van der Waals surface area (Å²) in [5.74, 6) is 2.68. The van der Waals surface area contributed by atoms with Gasteiger partial charge in [-0.1, -0.05) is 0 Å². The van der Waals surface area contributed by atoms with Gasteiger partial charge < -0.3 is 24.3 Å². The van der Waals surface area contributed by atoms with Crippen molar-refractivity contribution in [2.75, 3.05) is 57.9 Å². The number of aliphatic imine (C=N–C) groups is 1. The molecule has 3 heterocycles. The summed E-state index contributed by atoms with van der Waals surface area (Å²) < 4.78 is 10.5. The van der Waals surface area contributed by atoms with Crippen molar-refractivity contribution in [3.8, 4) is 0 Å². The molecule has 8 nitrogen and oxygen atoms in total. The first-order valence-electron chi connectivity index (χ1n) is 8.93. The van der Waals surface area contributed by atoms with Crippen LogP contribution in [0.3, 0.4) is 0 Å². The molecule has 1 aliphatic rings. The number of aromatic nitrogens is 2. The number of nitrogens with zero attached hydrogens (tertiary/aromatic N) is 5. The predicted octanol–water partition coefficient (Wildman–Crippen LogP) is 1.03. The molecule has 0 bridgehead atoms. The van der Waals surface area contributed by atoms with Gasteiger partial charge in [0.15, 0.2) is 5.96 Å². The molecule has 0 unspecified atom stereocenters. The second-order valence-corrected chi connectivity index (χ2v) is 5.98. The lowest BCUT2D eigenvalue weighted by atomic mass is 10.3. The van der Waals surface area contributed by atoms with Gasteiger partial charge in [-0.25, -0.2) is 9.97 Å². The van der Waals surface area contributed by atoms with Crippen LogP contribution in [0.1, 0.15) is 5.76 Å². The van der Waals surface area contributed by atoms with E-state index in [-0.39, 0.29) is 0 Å². The van der Waals surface area contributed by atoms with E-state index in [2.05, 4.69) is 30.1 Å². The van der Waals surface area contributed by atoms with Gasteiger partial charge in [-0.3, -0.25) is 4.99 Å². The molecule has 0 radical (unpaired) electrons. The second-order valence-electron chi connectivity index (χ2n) is 5.98. The molecule has 0 amide bonds. The molecule has 2 aromatic heterocycles. The maximum absolute atomic E-state index is 5.39. The number of piperazine rings is 1. The van der Waals surface area contributed by atoms with Crippen molar-refractivity contribution in [3.05, 3.63) is 42.6 Å². The molecule has 140 valence electrons. The van der Waals surface area contributed by atoms with Crippen LogP contribution in [0.2, 0.25) is 0 Å². The fourth-order valence-corrected chi connectivity index (χ4v) is 2.84. The van der Waals surface area contributed by atoms with Gasteiger partial charge in [0.05, 0.1) is 19.4 Å². The van der Waals surface area contributed by atoms with Crippen molar-refractivity contribution in [2.45, 2.75) is 6.42 Å². The van der Waals surface area contributed by atoms with Crippen LogP contribution >= 0.6 is 0 Å². The highest BCUT2D eigenvalue weighted by atomic mass is 16.5. The van der Waals surface area contributed by atoms with E-state index in [1.165, 1.54) is 0 Å². The first kappa shape index (κ1) is 18.2. The van der Waals surface area contributed by atoms with Crippen LogP contribution in [0.5, 0.6) is 0 Å². The number of furan rings is 1. The first-order valence-corrected chi connectivity index (χ1v) is 8.93. The van der Waals surface area contributed by atoms with E-state index in [0.717, 1.165) is 56.8 Å². The summed E-state index contributed by atoms with van der Waals surface area (Å²) in [4.78, 5) is 17.8. The summed E-state index contributed by atoms with van der Waals surface area (Å²) in [6, 6.07) is 5.74. The monoisotopic (exact) mass is 358 g/mol. The van der Waals surface area contributed by atoms with Gasteiger partial charge in [0, 0.05) is 58.6 Å². The average molecular weight is 358 g/mol. The van der Waals surface area contributed by atoms with Crippen LogP contribution < -0.4 is 10.2 Å². The van der Waals surface area contributed by atoms with Crippen LogP contribution in [0.4, 0.5) is 5.95 Å².